The third-order valence-electron chi connectivity index (χ3n) is 2.35. The van der Waals surface area contributed by atoms with Gasteiger partial charge in [0, 0.05) is 22.4 Å². The van der Waals surface area contributed by atoms with E-state index < -0.39 is 0 Å². The molecule has 5 heteroatoms. The molecule has 1 aromatic rings. The Morgan fingerprint density at radius 2 is 2.36 bits per heavy atom. The second-order valence-electron chi connectivity index (χ2n) is 3.57. The predicted molar refractivity (Wildman–Crippen MR) is 58.3 cm³/mol. The van der Waals surface area contributed by atoms with E-state index in [0.717, 1.165) is 17.0 Å². The van der Waals surface area contributed by atoms with Crippen molar-refractivity contribution in [1.82, 2.24) is 0 Å². The number of thiophene rings is 1. The van der Waals surface area contributed by atoms with Crippen molar-refractivity contribution in [3.05, 3.63) is 16.3 Å². The maximum atomic E-state index is 5.68. The highest BCUT2D eigenvalue weighted by atomic mass is 32.1. The van der Waals surface area contributed by atoms with Gasteiger partial charge in [-0.05, 0) is 13.0 Å². The van der Waals surface area contributed by atoms with Crippen LogP contribution < -0.4 is 11.5 Å². The first kappa shape index (κ1) is 9.33. The van der Waals surface area contributed by atoms with Crippen molar-refractivity contribution < 1.29 is 4.74 Å². The number of nitrogen functional groups attached to an aromatic ring is 1. The van der Waals surface area contributed by atoms with Crippen LogP contribution in [0.25, 0.3) is 0 Å². The van der Waals surface area contributed by atoms with E-state index in [1.807, 2.05) is 18.4 Å². The molecule has 0 saturated carbocycles. The number of anilines is 1. The summed E-state index contributed by atoms with van der Waals surface area (Å²) < 4.78 is 5.10. The molecule has 0 spiro atoms. The molecule has 4 nitrogen and oxygen atoms in total. The molecule has 0 aliphatic carbocycles. The largest absolute Gasteiger partial charge is 0.465 e. The van der Waals surface area contributed by atoms with Gasteiger partial charge in [-0.15, -0.1) is 11.3 Å². The van der Waals surface area contributed by atoms with Crippen molar-refractivity contribution in [3.8, 4) is 0 Å². The molecule has 0 saturated heterocycles. The van der Waals surface area contributed by atoms with Gasteiger partial charge in [-0.25, -0.2) is 4.99 Å². The van der Waals surface area contributed by atoms with E-state index in [0.29, 0.717) is 6.61 Å². The summed E-state index contributed by atoms with van der Waals surface area (Å²) in [6, 6.07) is 2.22. The number of amidine groups is 1. The van der Waals surface area contributed by atoms with Gasteiger partial charge in [-0.1, -0.05) is 0 Å². The summed E-state index contributed by atoms with van der Waals surface area (Å²) in [6.45, 7) is 2.66. The number of hydrogen-bond acceptors (Lipinski definition) is 5. The molecule has 0 radical (unpaired) electrons. The molecular weight excluding hydrogens is 198 g/mol. The number of nitrogens with zero attached hydrogens (tertiary/aromatic N) is 1. The summed E-state index contributed by atoms with van der Waals surface area (Å²) in [6.07, 6.45) is 0.841. The van der Waals surface area contributed by atoms with E-state index in [2.05, 4.69) is 4.99 Å². The van der Waals surface area contributed by atoms with Crippen LogP contribution in [-0.2, 0) is 10.3 Å². The Balaban J connectivity index is 2.36. The molecule has 2 rings (SSSR count). The lowest BCUT2D eigenvalue weighted by Crippen LogP contribution is -2.32. The quantitative estimate of drug-likeness (QED) is 0.735. The number of rotatable bonds is 1. The summed E-state index contributed by atoms with van der Waals surface area (Å²) >= 11 is 1.61. The predicted octanol–water partition coefficient (Wildman–Crippen LogP) is 1.28. The SMILES string of the molecule is C[C@@]1(c2cc(N)cs2)CCOC(N)=N1. The first-order chi connectivity index (χ1) is 6.60. The normalized spacial score (nSPS) is 26.8. The fraction of sp³-hybridized carbons (Fsp3) is 0.444. The summed E-state index contributed by atoms with van der Waals surface area (Å²) in [7, 11) is 0. The smallest absolute Gasteiger partial charge is 0.282 e. The second kappa shape index (κ2) is 3.16. The third kappa shape index (κ3) is 1.55. The van der Waals surface area contributed by atoms with Gasteiger partial charge in [-0.2, -0.15) is 0 Å². The van der Waals surface area contributed by atoms with Gasteiger partial charge in [0.15, 0.2) is 0 Å². The number of nitrogens with two attached hydrogens (primary N) is 2. The molecule has 1 aromatic heterocycles. The fourth-order valence-electron chi connectivity index (χ4n) is 1.50. The molecule has 1 aliphatic rings. The van der Waals surface area contributed by atoms with Crippen molar-refractivity contribution in [2.24, 2.45) is 10.7 Å². The molecule has 0 bridgehead atoms. The number of ether oxygens (including phenoxy) is 1. The van der Waals surface area contributed by atoms with Gasteiger partial charge in [-0.3, -0.25) is 0 Å². The maximum absolute atomic E-state index is 5.68. The Labute approximate surface area is 86.6 Å². The Bertz CT molecular complexity index is 374. The van der Waals surface area contributed by atoms with E-state index in [-0.39, 0.29) is 11.6 Å². The van der Waals surface area contributed by atoms with Gasteiger partial charge in [0.05, 0.1) is 6.61 Å². The summed E-state index contributed by atoms with van der Waals surface area (Å²) in [4.78, 5) is 5.46. The monoisotopic (exact) mass is 211 g/mol. The lowest BCUT2D eigenvalue weighted by atomic mass is 9.96. The fourth-order valence-corrected chi connectivity index (χ4v) is 2.43. The summed E-state index contributed by atoms with van der Waals surface area (Å²) in [5.74, 6) is 0. The van der Waals surface area contributed by atoms with Crippen LogP contribution in [0.5, 0.6) is 0 Å². The highest BCUT2D eigenvalue weighted by Gasteiger charge is 2.31. The van der Waals surface area contributed by atoms with Crippen molar-refractivity contribution >= 4 is 23.0 Å². The zero-order chi connectivity index (χ0) is 10.2. The number of aliphatic imine (C=N–C) groups is 1. The van der Waals surface area contributed by atoms with Crippen molar-refractivity contribution in [3.63, 3.8) is 0 Å². The van der Waals surface area contributed by atoms with Crippen molar-refractivity contribution in [2.75, 3.05) is 12.3 Å². The zero-order valence-electron chi connectivity index (χ0n) is 7.99. The molecular formula is C9H13N3OS. The molecule has 0 aromatic carbocycles. The molecule has 4 N–H and O–H groups in total. The molecule has 76 valence electrons. The zero-order valence-corrected chi connectivity index (χ0v) is 8.80. The van der Waals surface area contributed by atoms with E-state index in [4.69, 9.17) is 16.2 Å². The molecule has 0 unspecified atom stereocenters. The molecule has 2 heterocycles. The van der Waals surface area contributed by atoms with Crippen LogP contribution in [0.1, 0.15) is 18.2 Å². The average molecular weight is 211 g/mol. The molecule has 14 heavy (non-hydrogen) atoms. The maximum Gasteiger partial charge on any atom is 0.282 e. The van der Waals surface area contributed by atoms with Crippen LogP contribution in [0.4, 0.5) is 5.69 Å². The first-order valence-corrected chi connectivity index (χ1v) is 5.31. The summed E-state index contributed by atoms with van der Waals surface area (Å²) in [5, 5.41) is 1.92. The lowest BCUT2D eigenvalue weighted by Gasteiger charge is -2.28. The standard InChI is InChI=1S/C9H13N3OS/c1-9(2-3-13-8(11)12-9)7-4-6(10)5-14-7/h4-5H,2-3,10H2,1H3,(H2,11,12)/t9-/m0/s1. The average Bonchev–Trinajstić information content (AvgIpc) is 2.52. The molecule has 1 aliphatic heterocycles. The van der Waals surface area contributed by atoms with Crippen LogP contribution >= 0.6 is 11.3 Å². The van der Waals surface area contributed by atoms with Crippen LogP contribution in [0.2, 0.25) is 0 Å². The third-order valence-corrected chi connectivity index (χ3v) is 3.55. The Morgan fingerprint density at radius 3 is 2.93 bits per heavy atom. The van der Waals surface area contributed by atoms with Gasteiger partial charge in [0.25, 0.3) is 6.02 Å². The van der Waals surface area contributed by atoms with Crippen LogP contribution in [-0.4, -0.2) is 12.6 Å². The van der Waals surface area contributed by atoms with Crippen LogP contribution in [0.3, 0.4) is 0 Å². The topological polar surface area (TPSA) is 73.6 Å². The van der Waals surface area contributed by atoms with Gasteiger partial charge in [0.2, 0.25) is 0 Å². The van der Waals surface area contributed by atoms with E-state index in [1.165, 1.54) is 0 Å². The molecule has 0 amide bonds. The molecule has 1 atom stereocenters. The highest BCUT2D eigenvalue weighted by molar-refractivity contribution is 7.10. The highest BCUT2D eigenvalue weighted by Crippen LogP contribution is 2.36. The minimum Gasteiger partial charge on any atom is -0.465 e. The van der Waals surface area contributed by atoms with Crippen molar-refractivity contribution in [2.45, 2.75) is 18.9 Å². The van der Waals surface area contributed by atoms with Gasteiger partial charge >= 0.3 is 0 Å². The van der Waals surface area contributed by atoms with Crippen molar-refractivity contribution in [1.29, 1.82) is 0 Å². The van der Waals surface area contributed by atoms with Crippen LogP contribution in [0, 0.1) is 0 Å². The van der Waals surface area contributed by atoms with Gasteiger partial charge in [0.1, 0.15) is 5.54 Å². The number of hydrogen-bond donors (Lipinski definition) is 2. The lowest BCUT2D eigenvalue weighted by molar-refractivity contribution is 0.220. The first-order valence-electron chi connectivity index (χ1n) is 4.43. The molecule has 0 fully saturated rings. The van der Waals surface area contributed by atoms with E-state index in [9.17, 15) is 0 Å². The van der Waals surface area contributed by atoms with E-state index >= 15 is 0 Å². The van der Waals surface area contributed by atoms with Gasteiger partial charge < -0.3 is 16.2 Å². The second-order valence-corrected chi connectivity index (χ2v) is 4.48. The summed E-state index contributed by atoms with van der Waals surface area (Å²) in [5.41, 5.74) is 11.8. The van der Waals surface area contributed by atoms with E-state index in [1.54, 1.807) is 11.3 Å². The minimum atomic E-state index is -0.259. The Kier molecular flexibility index (Phi) is 2.11. The van der Waals surface area contributed by atoms with Crippen LogP contribution in [0.15, 0.2) is 16.4 Å². The Hall–Kier alpha value is -1.23. The Morgan fingerprint density at radius 1 is 1.57 bits per heavy atom. The minimum absolute atomic E-state index is 0.259.